The maximum atomic E-state index is 13.3. The van der Waals surface area contributed by atoms with E-state index < -0.39 is 73.0 Å². The second-order valence-corrected chi connectivity index (χ2v) is 10.7. The van der Waals surface area contributed by atoms with Gasteiger partial charge in [0.05, 0.1) is 0 Å². The number of alkyl carbamates (subject to hydrolysis) is 1. The number of hydrogen-bond donors (Lipinski definition) is 6. The number of hydrogen-bond acceptors (Lipinski definition) is 10. The molecule has 1 unspecified atom stereocenters. The molecule has 2 rings (SSSR count). The fourth-order valence-corrected chi connectivity index (χ4v) is 3.80. The number of nitrogens with one attached hydrogen (secondary N) is 2. The van der Waals surface area contributed by atoms with Gasteiger partial charge in [0, 0.05) is 6.42 Å². The van der Waals surface area contributed by atoms with Crippen LogP contribution in [-0.4, -0.2) is 93.4 Å². The van der Waals surface area contributed by atoms with Crippen molar-refractivity contribution >= 4 is 18.0 Å². The van der Waals surface area contributed by atoms with Crippen molar-refractivity contribution in [3.63, 3.8) is 0 Å². The van der Waals surface area contributed by atoms with Gasteiger partial charge in [-0.05, 0) is 38.7 Å². The molecule has 12 nitrogen and oxygen atoms in total. The lowest BCUT2D eigenvalue weighted by Gasteiger charge is -2.38. The Labute approximate surface area is 222 Å². The molecule has 38 heavy (non-hydrogen) atoms. The first-order valence-corrected chi connectivity index (χ1v) is 12.6. The van der Waals surface area contributed by atoms with Crippen molar-refractivity contribution in [1.29, 1.82) is 0 Å². The van der Waals surface area contributed by atoms with Gasteiger partial charge in [0.25, 0.3) is 0 Å². The summed E-state index contributed by atoms with van der Waals surface area (Å²) in [5.74, 6) is -1.51. The molecule has 2 amide bonds. The third-order valence-corrected chi connectivity index (χ3v) is 5.68. The number of carbonyl (C=O) groups excluding carboxylic acids is 3. The van der Waals surface area contributed by atoms with Crippen LogP contribution in [0.3, 0.4) is 0 Å². The molecule has 1 aromatic rings. The van der Waals surface area contributed by atoms with Crippen LogP contribution < -0.4 is 10.6 Å². The lowest BCUT2D eigenvalue weighted by molar-refractivity contribution is -0.287. The summed E-state index contributed by atoms with van der Waals surface area (Å²) < 4.78 is 15.6. The zero-order valence-corrected chi connectivity index (χ0v) is 22.4. The first kappa shape index (κ1) is 31.4. The topological polar surface area (TPSA) is 184 Å². The number of aliphatic hydroxyl groups excluding tert-OH is 4. The monoisotopic (exact) mass is 540 g/mol. The first-order chi connectivity index (χ1) is 17.7. The molecular weight excluding hydrogens is 500 g/mol. The van der Waals surface area contributed by atoms with Crippen LogP contribution in [0.4, 0.5) is 4.79 Å². The SMILES string of the molecule is CC(C)C[C@H](NC(=O)[C@H](Cc1ccccc1)NC(=O)OC(C)(C)C)C(=O)OC[C@H]1OC(O)[C@H](O)[C@@H](O)[C@@H]1O. The summed E-state index contributed by atoms with van der Waals surface area (Å²) >= 11 is 0. The number of rotatable bonds is 10. The molecule has 1 aromatic carbocycles. The predicted molar refractivity (Wildman–Crippen MR) is 135 cm³/mol. The second kappa shape index (κ2) is 13.9. The highest BCUT2D eigenvalue weighted by molar-refractivity contribution is 5.90. The summed E-state index contributed by atoms with van der Waals surface area (Å²) in [5, 5.41) is 44.4. The lowest BCUT2D eigenvalue weighted by atomic mass is 9.99. The maximum Gasteiger partial charge on any atom is 0.408 e. The fourth-order valence-electron chi connectivity index (χ4n) is 3.80. The normalized spacial score (nSPS) is 25.3. The smallest absolute Gasteiger partial charge is 0.408 e. The van der Waals surface area contributed by atoms with Gasteiger partial charge in [0.1, 0.15) is 48.7 Å². The second-order valence-electron chi connectivity index (χ2n) is 10.7. The van der Waals surface area contributed by atoms with Gasteiger partial charge in [-0.3, -0.25) is 4.79 Å². The van der Waals surface area contributed by atoms with E-state index in [4.69, 9.17) is 14.2 Å². The molecule has 1 heterocycles. The molecule has 0 radical (unpaired) electrons. The molecule has 0 aliphatic carbocycles. The average molecular weight is 541 g/mol. The van der Waals surface area contributed by atoms with Gasteiger partial charge in [-0.25, -0.2) is 9.59 Å². The van der Waals surface area contributed by atoms with Gasteiger partial charge in [0.15, 0.2) is 6.29 Å². The molecule has 1 saturated heterocycles. The zero-order chi connectivity index (χ0) is 28.6. The number of amides is 2. The largest absolute Gasteiger partial charge is 0.461 e. The van der Waals surface area contributed by atoms with E-state index >= 15 is 0 Å². The van der Waals surface area contributed by atoms with E-state index in [0.717, 1.165) is 5.56 Å². The summed E-state index contributed by atoms with van der Waals surface area (Å²) in [5.41, 5.74) is -0.0143. The molecular formula is C26H40N2O10. The summed E-state index contributed by atoms with van der Waals surface area (Å²) in [7, 11) is 0. The van der Waals surface area contributed by atoms with E-state index in [-0.39, 0.29) is 18.8 Å². The summed E-state index contributed by atoms with van der Waals surface area (Å²) in [6.45, 7) is 8.22. The molecule has 0 spiro atoms. The van der Waals surface area contributed by atoms with Gasteiger partial charge < -0.3 is 45.3 Å². The van der Waals surface area contributed by atoms with E-state index in [9.17, 15) is 34.8 Å². The molecule has 214 valence electrons. The number of ether oxygens (including phenoxy) is 3. The molecule has 0 aromatic heterocycles. The van der Waals surface area contributed by atoms with Crippen LogP contribution in [0.1, 0.15) is 46.6 Å². The predicted octanol–water partition coefficient (Wildman–Crippen LogP) is -0.00360. The number of aliphatic hydroxyl groups is 4. The van der Waals surface area contributed by atoms with Crippen molar-refractivity contribution in [2.75, 3.05) is 6.61 Å². The van der Waals surface area contributed by atoms with Crippen molar-refractivity contribution in [2.45, 2.75) is 95.9 Å². The van der Waals surface area contributed by atoms with Crippen LogP contribution in [0.15, 0.2) is 30.3 Å². The minimum atomic E-state index is -1.78. The van der Waals surface area contributed by atoms with Gasteiger partial charge in [-0.15, -0.1) is 0 Å². The van der Waals surface area contributed by atoms with Crippen LogP contribution in [-0.2, 0) is 30.2 Å². The van der Waals surface area contributed by atoms with Crippen LogP contribution in [0.2, 0.25) is 0 Å². The van der Waals surface area contributed by atoms with Gasteiger partial charge in [0.2, 0.25) is 5.91 Å². The average Bonchev–Trinajstić information content (AvgIpc) is 2.82. The van der Waals surface area contributed by atoms with E-state index in [1.54, 1.807) is 45.0 Å². The first-order valence-electron chi connectivity index (χ1n) is 12.6. The van der Waals surface area contributed by atoms with E-state index in [1.165, 1.54) is 0 Å². The third kappa shape index (κ3) is 9.84. The lowest BCUT2D eigenvalue weighted by Crippen LogP contribution is -2.59. The Bertz CT molecular complexity index is 920. The van der Waals surface area contributed by atoms with E-state index in [0.29, 0.717) is 0 Å². The third-order valence-electron chi connectivity index (χ3n) is 5.68. The number of carbonyl (C=O) groups is 3. The number of esters is 1. The van der Waals surface area contributed by atoms with Crippen LogP contribution in [0.25, 0.3) is 0 Å². The quantitative estimate of drug-likeness (QED) is 0.221. The van der Waals surface area contributed by atoms with Crippen molar-refractivity contribution in [1.82, 2.24) is 10.6 Å². The molecule has 1 fully saturated rings. The van der Waals surface area contributed by atoms with Crippen LogP contribution in [0.5, 0.6) is 0 Å². The highest BCUT2D eigenvalue weighted by Crippen LogP contribution is 2.20. The Balaban J connectivity index is 2.12. The Hall–Kier alpha value is -2.77. The number of benzene rings is 1. The van der Waals surface area contributed by atoms with Gasteiger partial charge in [-0.1, -0.05) is 44.2 Å². The minimum Gasteiger partial charge on any atom is -0.461 e. The fraction of sp³-hybridized carbons (Fsp3) is 0.654. The summed E-state index contributed by atoms with van der Waals surface area (Å²) in [6, 6.07) is 6.84. The van der Waals surface area contributed by atoms with Gasteiger partial charge >= 0.3 is 12.1 Å². The molecule has 7 atom stereocenters. The van der Waals surface area contributed by atoms with Crippen molar-refractivity contribution < 1.29 is 49.0 Å². The molecule has 1 aliphatic rings. The van der Waals surface area contributed by atoms with Crippen molar-refractivity contribution in [3.8, 4) is 0 Å². The maximum absolute atomic E-state index is 13.3. The van der Waals surface area contributed by atoms with E-state index in [1.807, 2.05) is 19.9 Å². The van der Waals surface area contributed by atoms with Crippen molar-refractivity contribution in [3.05, 3.63) is 35.9 Å². The highest BCUT2D eigenvalue weighted by atomic mass is 16.7. The summed E-state index contributed by atoms with van der Waals surface area (Å²) in [4.78, 5) is 38.6. The zero-order valence-electron chi connectivity index (χ0n) is 22.4. The Kier molecular flexibility index (Phi) is 11.5. The minimum absolute atomic E-state index is 0.0328. The molecule has 12 heteroatoms. The highest BCUT2D eigenvalue weighted by Gasteiger charge is 2.43. The Morgan fingerprint density at radius 3 is 2.16 bits per heavy atom. The van der Waals surface area contributed by atoms with Crippen molar-refractivity contribution in [2.24, 2.45) is 5.92 Å². The molecule has 0 saturated carbocycles. The molecule has 0 bridgehead atoms. The molecule has 1 aliphatic heterocycles. The van der Waals surface area contributed by atoms with Crippen LogP contribution in [0, 0.1) is 5.92 Å². The standard InChI is InChI=1S/C26H40N2O10/c1-14(2)11-17(23(33)36-13-18-19(29)20(30)21(31)24(34)37-18)27-22(32)16(12-15-9-7-6-8-10-15)28-25(35)38-26(3,4)5/h6-10,14,16-21,24,29-31,34H,11-13H2,1-5H3,(H,27,32)(H,28,35)/t16-,17-,18+,19+,20-,21+,24?/m0/s1. The summed E-state index contributed by atoms with van der Waals surface area (Å²) in [6.07, 6.45) is -8.58. The van der Waals surface area contributed by atoms with E-state index in [2.05, 4.69) is 10.6 Å². The Morgan fingerprint density at radius 2 is 1.58 bits per heavy atom. The Morgan fingerprint density at radius 1 is 0.947 bits per heavy atom. The van der Waals surface area contributed by atoms with Gasteiger partial charge in [-0.2, -0.15) is 0 Å². The van der Waals surface area contributed by atoms with Crippen LogP contribution >= 0.6 is 0 Å². The molecule has 6 N–H and O–H groups in total.